The van der Waals surface area contributed by atoms with Crippen LogP contribution >= 0.6 is 11.3 Å². The lowest BCUT2D eigenvalue weighted by molar-refractivity contribution is -0.132. The summed E-state index contributed by atoms with van der Waals surface area (Å²) in [7, 11) is 4.73. The molecule has 2 aromatic rings. The zero-order valence-corrected chi connectivity index (χ0v) is 16.9. The van der Waals surface area contributed by atoms with Crippen LogP contribution in [0, 0.1) is 0 Å². The summed E-state index contributed by atoms with van der Waals surface area (Å²) in [4.78, 5) is 18.5. The number of carbonyl (C=O) groups is 1. The summed E-state index contributed by atoms with van der Waals surface area (Å²) in [5.74, 6) is 1.77. The minimum atomic E-state index is 0.108. The molecule has 2 heterocycles. The monoisotopic (exact) mass is 390 g/mol. The van der Waals surface area contributed by atoms with Crippen LogP contribution < -0.4 is 14.2 Å². The number of hydrogen-bond donors (Lipinski definition) is 0. The summed E-state index contributed by atoms with van der Waals surface area (Å²) in [6, 6.07) is 7.91. The van der Waals surface area contributed by atoms with Gasteiger partial charge in [0.25, 0.3) is 0 Å². The molecule has 7 heteroatoms. The Labute approximate surface area is 164 Å². The molecule has 0 saturated carbocycles. The first-order valence-electron chi connectivity index (χ1n) is 8.96. The summed E-state index contributed by atoms with van der Waals surface area (Å²) in [5, 5.41) is 2.10. The molecule has 0 radical (unpaired) electrons. The van der Waals surface area contributed by atoms with Crippen LogP contribution in [0.3, 0.4) is 0 Å². The van der Waals surface area contributed by atoms with Crippen LogP contribution in [0.1, 0.15) is 10.4 Å². The van der Waals surface area contributed by atoms with Gasteiger partial charge in [0, 0.05) is 43.2 Å². The lowest BCUT2D eigenvalue weighted by Gasteiger charge is -2.34. The second-order valence-electron chi connectivity index (χ2n) is 6.41. The van der Waals surface area contributed by atoms with Crippen LogP contribution in [0.25, 0.3) is 0 Å². The Hall–Kier alpha value is -2.25. The fraction of sp³-hybridized carbons (Fsp3) is 0.450. The van der Waals surface area contributed by atoms with E-state index in [1.165, 1.54) is 4.88 Å². The molecule has 0 aliphatic carbocycles. The van der Waals surface area contributed by atoms with Crippen LogP contribution in [0.2, 0.25) is 0 Å². The number of rotatable bonds is 7. The van der Waals surface area contributed by atoms with Gasteiger partial charge in [0.2, 0.25) is 11.7 Å². The van der Waals surface area contributed by atoms with Crippen molar-refractivity contribution in [2.75, 3.05) is 47.5 Å². The molecule has 0 atom stereocenters. The number of carbonyl (C=O) groups excluding carboxylic acids is 1. The number of amides is 1. The van der Waals surface area contributed by atoms with E-state index in [1.807, 2.05) is 17.0 Å². The van der Waals surface area contributed by atoms with Crippen molar-refractivity contribution in [1.82, 2.24) is 9.80 Å². The van der Waals surface area contributed by atoms with Crippen LogP contribution in [-0.2, 0) is 17.8 Å². The number of ether oxygens (including phenoxy) is 3. The highest BCUT2D eigenvalue weighted by Gasteiger charge is 2.24. The number of hydrogen-bond acceptors (Lipinski definition) is 6. The average Bonchev–Trinajstić information content (AvgIpc) is 3.21. The minimum Gasteiger partial charge on any atom is -0.493 e. The molecule has 0 bridgehead atoms. The molecule has 1 amide bonds. The van der Waals surface area contributed by atoms with Crippen molar-refractivity contribution in [2.45, 2.75) is 13.0 Å². The van der Waals surface area contributed by atoms with E-state index in [0.29, 0.717) is 17.2 Å². The number of thiophene rings is 1. The van der Waals surface area contributed by atoms with Crippen molar-refractivity contribution < 1.29 is 19.0 Å². The molecule has 1 aromatic carbocycles. The summed E-state index contributed by atoms with van der Waals surface area (Å²) < 4.78 is 16.2. The van der Waals surface area contributed by atoms with E-state index < -0.39 is 0 Å². The highest BCUT2D eigenvalue weighted by Crippen LogP contribution is 2.40. The maximum atomic E-state index is 12.8. The topological polar surface area (TPSA) is 51.2 Å². The van der Waals surface area contributed by atoms with Crippen LogP contribution in [0.15, 0.2) is 29.6 Å². The molecule has 146 valence electrons. The van der Waals surface area contributed by atoms with Crippen molar-refractivity contribution in [1.29, 1.82) is 0 Å². The van der Waals surface area contributed by atoms with Gasteiger partial charge in [-0.15, -0.1) is 11.3 Å². The SMILES string of the molecule is COc1ccc(CC(=O)N2CCN(Cc3cccs3)CC2)c(OC)c1OC. The van der Waals surface area contributed by atoms with Crippen molar-refractivity contribution in [3.8, 4) is 17.2 Å². The first-order chi connectivity index (χ1) is 13.2. The maximum absolute atomic E-state index is 12.8. The van der Waals surface area contributed by atoms with E-state index >= 15 is 0 Å². The van der Waals surface area contributed by atoms with Gasteiger partial charge in [0.05, 0.1) is 27.8 Å². The van der Waals surface area contributed by atoms with Gasteiger partial charge in [-0.05, 0) is 17.5 Å². The molecule has 27 heavy (non-hydrogen) atoms. The summed E-state index contributed by atoms with van der Waals surface area (Å²) in [5.41, 5.74) is 0.807. The average molecular weight is 391 g/mol. The van der Waals surface area contributed by atoms with Gasteiger partial charge in [0.1, 0.15) is 0 Å². The van der Waals surface area contributed by atoms with Gasteiger partial charge in [-0.25, -0.2) is 0 Å². The highest BCUT2D eigenvalue weighted by molar-refractivity contribution is 7.09. The number of piperazine rings is 1. The molecule has 3 rings (SSSR count). The Morgan fingerprint density at radius 2 is 1.74 bits per heavy atom. The predicted octanol–water partition coefficient (Wildman–Crippen LogP) is 2.66. The molecule has 6 nitrogen and oxygen atoms in total. The number of benzene rings is 1. The van der Waals surface area contributed by atoms with Crippen molar-refractivity contribution in [2.24, 2.45) is 0 Å². The largest absolute Gasteiger partial charge is 0.493 e. The quantitative estimate of drug-likeness (QED) is 0.728. The fourth-order valence-electron chi connectivity index (χ4n) is 3.36. The van der Waals surface area contributed by atoms with E-state index in [4.69, 9.17) is 14.2 Å². The van der Waals surface area contributed by atoms with E-state index in [9.17, 15) is 4.79 Å². The third kappa shape index (κ3) is 4.54. The molecular weight excluding hydrogens is 364 g/mol. The van der Waals surface area contributed by atoms with Crippen molar-refractivity contribution in [3.05, 3.63) is 40.1 Å². The summed E-state index contributed by atoms with van der Waals surface area (Å²) >= 11 is 1.78. The van der Waals surface area contributed by atoms with Crippen LogP contribution in [0.5, 0.6) is 17.2 Å². The maximum Gasteiger partial charge on any atom is 0.227 e. The summed E-state index contributed by atoms with van der Waals surface area (Å²) in [6.45, 7) is 4.25. The van der Waals surface area contributed by atoms with E-state index in [2.05, 4.69) is 22.4 Å². The van der Waals surface area contributed by atoms with Gasteiger partial charge in [-0.3, -0.25) is 9.69 Å². The molecule has 0 N–H and O–H groups in total. The first-order valence-corrected chi connectivity index (χ1v) is 9.84. The summed E-state index contributed by atoms with van der Waals surface area (Å²) in [6.07, 6.45) is 0.286. The molecule has 1 aliphatic rings. The Bertz CT molecular complexity index is 756. The smallest absolute Gasteiger partial charge is 0.227 e. The molecule has 1 aliphatic heterocycles. The number of methoxy groups -OCH3 is 3. The van der Waals surface area contributed by atoms with Gasteiger partial charge >= 0.3 is 0 Å². The van der Waals surface area contributed by atoms with Crippen LogP contribution in [-0.4, -0.2) is 63.2 Å². The van der Waals surface area contributed by atoms with Crippen LogP contribution in [0.4, 0.5) is 0 Å². The van der Waals surface area contributed by atoms with Crippen molar-refractivity contribution >= 4 is 17.2 Å². The Kier molecular flexibility index (Phi) is 6.58. The van der Waals surface area contributed by atoms with E-state index in [-0.39, 0.29) is 12.3 Å². The fourth-order valence-corrected chi connectivity index (χ4v) is 4.10. The molecule has 1 saturated heterocycles. The van der Waals surface area contributed by atoms with Crippen molar-refractivity contribution in [3.63, 3.8) is 0 Å². The van der Waals surface area contributed by atoms with E-state index in [0.717, 1.165) is 38.3 Å². The van der Waals surface area contributed by atoms with Gasteiger partial charge in [-0.2, -0.15) is 0 Å². The first kappa shape index (κ1) is 19.5. The Balaban J connectivity index is 1.61. The third-order valence-corrected chi connectivity index (χ3v) is 5.67. The minimum absolute atomic E-state index is 0.108. The zero-order chi connectivity index (χ0) is 19.2. The number of nitrogens with zero attached hydrogens (tertiary/aromatic N) is 2. The molecule has 0 spiro atoms. The molecule has 0 unspecified atom stereocenters. The van der Waals surface area contributed by atoms with E-state index in [1.54, 1.807) is 32.7 Å². The second-order valence-corrected chi connectivity index (χ2v) is 7.44. The predicted molar refractivity (Wildman–Crippen MR) is 106 cm³/mol. The second kappa shape index (κ2) is 9.10. The zero-order valence-electron chi connectivity index (χ0n) is 16.1. The van der Waals surface area contributed by atoms with Gasteiger partial charge in [-0.1, -0.05) is 12.1 Å². The molecule has 1 aromatic heterocycles. The lowest BCUT2D eigenvalue weighted by atomic mass is 10.1. The highest BCUT2D eigenvalue weighted by atomic mass is 32.1. The molecular formula is C20H26N2O4S. The normalized spacial score (nSPS) is 14.9. The lowest BCUT2D eigenvalue weighted by Crippen LogP contribution is -2.48. The van der Waals surface area contributed by atoms with Gasteiger partial charge < -0.3 is 19.1 Å². The Morgan fingerprint density at radius 1 is 1.00 bits per heavy atom. The van der Waals surface area contributed by atoms with Gasteiger partial charge in [0.15, 0.2) is 11.5 Å². The third-order valence-electron chi connectivity index (χ3n) is 4.81. The standard InChI is InChI=1S/C20H26N2O4S/c1-24-17-7-6-15(19(25-2)20(17)26-3)13-18(23)22-10-8-21(9-11-22)14-16-5-4-12-27-16/h4-7,12H,8-11,13-14H2,1-3H3. The molecule has 1 fully saturated rings. The Morgan fingerprint density at radius 3 is 2.33 bits per heavy atom.